The van der Waals surface area contributed by atoms with Crippen molar-refractivity contribution in [3.63, 3.8) is 0 Å². The van der Waals surface area contributed by atoms with Crippen molar-refractivity contribution in [2.45, 2.75) is 27.7 Å². The summed E-state index contributed by atoms with van der Waals surface area (Å²) in [5.41, 5.74) is 5.46. The molecule has 0 aliphatic heterocycles. The van der Waals surface area contributed by atoms with Gasteiger partial charge in [-0.3, -0.25) is 0 Å². The average molecular weight is 268 g/mol. The first-order valence-corrected chi connectivity index (χ1v) is 6.53. The molecule has 1 heterocycles. The lowest BCUT2D eigenvalue weighted by Gasteiger charge is -2.23. The standard InChI is InChI=1S/C12H24N6O/c1-5-18(6-2)11-16-9(13)15-10(17-11)14-7-12(3,4)8-19/h19H,5-8H2,1-4H3,(H3,13,14,15,16,17). The van der Waals surface area contributed by atoms with Gasteiger partial charge in [-0.05, 0) is 13.8 Å². The van der Waals surface area contributed by atoms with Gasteiger partial charge >= 0.3 is 0 Å². The van der Waals surface area contributed by atoms with E-state index in [0.29, 0.717) is 18.4 Å². The molecule has 0 spiro atoms. The van der Waals surface area contributed by atoms with Crippen LogP contribution in [0.25, 0.3) is 0 Å². The zero-order valence-electron chi connectivity index (χ0n) is 12.1. The molecule has 1 rings (SSSR count). The van der Waals surface area contributed by atoms with Crippen molar-refractivity contribution in [3.8, 4) is 0 Å². The molecule has 0 saturated carbocycles. The van der Waals surface area contributed by atoms with Crippen LogP contribution in [0.4, 0.5) is 17.8 Å². The maximum Gasteiger partial charge on any atom is 0.231 e. The number of aliphatic hydroxyl groups is 1. The molecule has 0 aliphatic rings. The molecule has 7 heteroatoms. The Morgan fingerprint density at radius 1 is 1.21 bits per heavy atom. The third-order valence-electron chi connectivity index (χ3n) is 2.84. The second kappa shape index (κ2) is 6.51. The lowest BCUT2D eigenvalue weighted by atomic mass is 9.95. The van der Waals surface area contributed by atoms with Crippen LogP contribution in [-0.4, -0.2) is 46.3 Å². The van der Waals surface area contributed by atoms with E-state index in [1.807, 2.05) is 32.6 Å². The van der Waals surface area contributed by atoms with Crippen LogP contribution in [0.2, 0.25) is 0 Å². The van der Waals surface area contributed by atoms with Crippen molar-refractivity contribution < 1.29 is 5.11 Å². The van der Waals surface area contributed by atoms with Gasteiger partial charge in [0.15, 0.2) is 0 Å². The SMILES string of the molecule is CCN(CC)c1nc(N)nc(NCC(C)(C)CO)n1. The molecule has 7 nitrogen and oxygen atoms in total. The fourth-order valence-corrected chi connectivity index (χ4v) is 1.48. The first kappa shape index (κ1) is 15.4. The van der Waals surface area contributed by atoms with Crippen LogP contribution in [-0.2, 0) is 0 Å². The van der Waals surface area contributed by atoms with Gasteiger partial charge in [0.05, 0.1) is 0 Å². The van der Waals surface area contributed by atoms with Crippen LogP contribution in [0.15, 0.2) is 0 Å². The fourth-order valence-electron chi connectivity index (χ4n) is 1.48. The number of nitrogen functional groups attached to an aromatic ring is 1. The molecule has 0 saturated heterocycles. The maximum atomic E-state index is 9.22. The second-order valence-corrected chi connectivity index (χ2v) is 5.17. The van der Waals surface area contributed by atoms with Crippen molar-refractivity contribution in [3.05, 3.63) is 0 Å². The van der Waals surface area contributed by atoms with Crippen molar-refractivity contribution in [2.24, 2.45) is 5.41 Å². The van der Waals surface area contributed by atoms with Gasteiger partial charge in [-0.2, -0.15) is 15.0 Å². The minimum Gasteiger partial charge on any atom is -0.396 e. The Labute approximate surface area is 114 Å². The Balaban J connectivity index is 2.85. The van der Waals surface area contributed by atoms with E-state index in [1.165, 1.54) is 0 Å². The van der Waals surface area contributed by atoms with Gasteiger partial charge in [0.25, 0.3) is 0 Å². The highest BCUT2D eigenvalue weighted by atomic mass is 16.3. The number of aromatic nitrogens is 3. The first-order valence-electron chi connectivity index (χ1n) is 6.53. The van der Waals surface area contributed by atoms with E-state index in [9.17, 15) is 5.11 Å². The Morgan fingerprint density at radius 2 is 1.84 bits per heavy atom. The number of rotatable bonds is 7. The number of anilines is 3. The molecule has 0 atom stereocenters. The summed E-state index contributed by atoms with van der Waals surface area (Å²) in [7, 11) is 0. The van der Waals surface area contributed by atoms with Crippen LogP contribution < -0.4 is 16.0 Å². The topological polar surface area (TPSA) is 100 Å². The highest BCUT2D eigenvalue weighted by Crippen LogP contribution is 2.16. The van der Waals surface area contributed by atoms with Crippen LogP contribution in [0.5, 0.6) is 0 Å². The van der Waals surface area contributed by atoms with Crippen LogP contribution in [0.3, 0.4) is 0 Å². The minimum atomic E-state index is -0.239. The lowest BCUT2D eigenvalue weighted by Crippen LogP contribution is -2.29. The summed E-state index contributed by atoms with van der Waals surface area (Å²) in [5, 5.41) is 12.3. The van der Waals surface area contributed by atoms with Crippen molar-refractivity contribution >= 4 is 17.8 Å². The van der Waals surface area contributed by atoms with E-state index >= 15 is 0 Å². The lowest BCUT2D eigenvalue weighted by molar-refractivity contribution is 0.170. The molecule has 4 N–H and O–H groups in total. The average Bonchev–Trinajstić information content (AvgIpc) is 2.37. The zero-order chi connectivity index (χ0) is 14.5. The summed E-state index contributed by atoms with van der Waals surface area (Å²) in [4.78, 5) is 14.5. The molecule has 19 heavy (non-hydrogen) atoms. The predicted molar refractivity (Wildman–Crippen MR) is 77.2 cm³/mol. The molecule has 0 amide bonds. The summed E-state index contributed by atoms with van der Waals surface area (Å²) in [6.45, 7) is 10.2. The minimum absolute atomic E-state index is 0.0868. The van der Waals surface area contributed by atoms with Gasteiger partial charge in [-0.15, -0.1) is 0 Å². The number of nitrogens with two attached hydrogens (primary N) is 1. The quantitative estimate of drug-likeness (QED) is 0.670. The van der Waals surface area contributed by atoms with E-state index in [1.54, 1.807) is 0 Å². The van der Waals surface area contributed by atoms with Crippen LogP contribution in [0.1, 0.15) is 27.7 Å². The van der Waals surface area contributed by atoms with Crippen LogP contribution in [0, 0.1) is 5.41 Å². The van der Waals surface area contributed by atoms with Gasteiger partial charge < -0.3 is 21.1 Å². The molecular weight excluding hydrogens is 244 g/mol. The highest BCUT2D eigenvalue weighted by molar-refractivity contribution is 5.41. The van der Waals surface area contributed by atoms with Gasteiger partial charge in [0, 0.05) is 31.7 Å². The summed E-state index contributed by atoms with van der Waals surface area (Å²) >= 11 is 0. The van der Waals surface area contributed by atoms with Crippen molar-refractivity contribution in [1.82, 2.24) is 15.0 Å². The third-order valence-corrected chi connectivity index (χ3v) is 2.84. The smallest absolute Gasteiger partial charge is 0.231 e. The van der Waals surface area contributed by atoms with E-state index < -0.39 is 0 Å². The molecule has 1 aromatic heterocycles. The number of nitrogens with zero attached hydrogens (tertiary/aromatic N) is 4. The molecule has 1 aromatic rings. The Kier molecular flexibility index (Phi) is 5.29. The van der Waals surface area contributed by atoms with E-state index in [2.05, 4.69) is 20.3 Å². The Morgan fingerprint density at radius 3 is 2.37 bits per heavy atom. The largest absolute Gasteiger partial charge is 0.396 e. The molecule has 0 radical (unpaired) electrons. The van der Waals surface area contributed by atoms with Crippen molar-refractivity contribution in [2.75, 3.05) is 42.2 Å². The number of hydrogen-bond donors (Lipinski definition) is 3. The molecule has 0 aliphatic carbocycles. The number of aliphatic hydroxyl groups excluding tert-OH is 1. The second-order valence-electron chi connectivity index (χ2n) is 5.17. The molecule has 0 unspecified atom stereocenters. The molecule has 0 fully saturated rings. The maximum absolute atomic E-state index is 9.22. The predicted octanol–water partition coefficient (Wildman–Crippen LogP) is 0.730. The van der Waals surface area contributed by atoms with Crippen molar-refractivity contribution in [1.29, 1.82) is 0 Å². The number of nitrogens with one attached hydrogen (secondary N) is 1. The zero-order valence-corrected chi connectivity index (χ0v) is 12.1. The monoisotopic (exact) mass is 268 g/mol. The summed E-state index contributed by atoms with van der Waals surface area (Å²) < 4.78 is 0. The normalized spacial score (nSPS) is 11.4. The molecule has 108 valence electrons. The van der Waals surface area contributed by atoms with E-state index in [0.717, 1.165) is 13.1 Å². The van der Waals surface area contributed by atoms with E-state index in [4.69, 9.17) is 5.73 Å². The Bertz CT molecular complexity index is 405. The van der Waals surface area contributed by atoms with Crippen LogP contribution >= 0.6 is 0 Å². The molecular formula is C12H24N6O. The van der Waals surface area contributed by atoms with Gasteiger partial charge in [-0.1, -0.05) is 13.8 Å². The summed E-state index contributed by atoms with van der Waals surface area (Å²) in [5.74, 6) is 1.21. The van der Waals surface area contributed by atoms with Gasteiger partial charge in [0.1, 0.15) is 0 Å². The summed E-state index contributed by atoms with van der Waals surface area (Å²) in [6, 6.07) is 0. The Hall–Kier alpha value is -1.63. The molecule has 0 bridgehead atoms. The molecule has 0 aromatic carbocycles. The summed E-state index contributed by atoms with van der Waals surface area (Å²) in [6.07, 6.45) is 0. The van der Waals surface area contributed by atoms with E-state index in [-0.39, 0.29) is 18.0 Å². The fraction of sp³-hybridized carbons (Fsp3) is 0.750. The highest BCUT2D eigenvalue weighted by Gasteiger charge is 2.17. The first-order chi connectivity index (χ1) is 8.91. The number of hydrogen-bond acceptors (Lipinski definition) is 7. The van der Waals surface area contributed by atoms with Gasteiger partial charge in [-0.25, -0.2) is 0 Å². The third kappa shape index (κ3) is 4.51. The van der Waals surface area contributed by atoms with Gasteiger partial charge in [0.2, 0.25) is 17.8 Å².